The molecule has 1 saturated heterocycles. The van der Waals surface area contributed by atoms with Gasteiger partial charge in [-0.1, -0.05) is 20.3 Å². The van der Waals surface area contributed by atoms with E-state index in [0.717, 1.165) is 18.4 Å². The average Bonchev–Trinajstić information content (AvgIpc) is 2.76. The molecule has 1 saturated carbocycles. The van der Waals surface area contributed by atoms with Gasteiger partial charge in [-0.15, -0.1) is 0 Å². The Morgan fingerprint density at radius 1 is 1.29 bits per heavy atom. The van der Waals surface area contributed by atoms with E-state index in [4.69, 9.17) is 0 Å². The van der Waals surface area contributed by atoms with Gasteiger partial charge in [0, 0.05) is 25.7 Å². The highest BCUT2D eigenvalue weighted by Crippen LogP contribution is 2.38. The van der Waals surface area contributed by atoms with Crippen molar-refractivity contribution in [3.63, 3.8) is 0 Å². The van der Waals surface area contributed by atoms with Crippen molar-refractivity contribution >= 4 is 0 Å². The van der Waals surface area contributed by atoms with Crippen LogP contribution in [0.1, 0.15) is 40.0 Å². The molecule has 17 heavy (non-hydrogen) atoms. The Bertz CT molecular complexity index is 245. The zero-order valence-electron chi connectivity index (χ0n) is 11.6. The van der Waals surface area contributed by atoms with Crippen molar-refractivity contribution in [3.05, 3.63) is 0 Å². The predicted molar refractivity (Wildman–Crippen MR) is 71.0 cm³/mol. The molecule has 2 rings (SSSR count). The summed E-state index contributed by atoms with van der Waals surface area (Å²) in [5.41, 5.74) is -0.146. The number of hydrogen-bond donors (Lipinski definition) is 2. The molecule has 3 heteroatoms. The third-order valence-electron chi connectivity index (χ3n) is 4.36. The molecular formula is C14H28N2O. The van der Waals surface area contributed by atoms with Gasteiger partial charge in [-0.25, -0.2) is 0 Å². The molecule has 0 aromatic heterocycles. The minimum absolute atomic E-state index is 0.146. The zero-order chi connectivity index (χ0) is 12.5. The Hall–Kier alpha value is -0.120. The van der Waals surface area contributed by atoms with Gasteiger partial charge in [0.15, 0.2) is 0 Å². The first kappa shape index (κ1) is 13.3. The van der Waals surface area contributed by atoms with Crippen LogP contribution in [0, 0.1) is 11.8 Å². The molecule has 1 aliphatic carbocycles. The lowest BCUT2D eigenvalue weighted by Gasteiger charge is -2.35. The summed E-state index contributed by atoms with van der Waals surface area (Å²) in [6.07, 6.45) is 4.29. The lowest BCUT2D eigenvalue weighted by Crippen LogP contribution is -2.56. The van der Waals surface area contributed by atoms with E-state index < -0.39 is 0 Å². The number of nitrogens with zero attached hydrogens (tertiary/aromatic N) is 1. The Kier molecular flexibility index (Phi) is 4.11. The molecule has 2 fully saturated rings. The quantitative estimate of drug-likeness (QED) is 0.764. The summed E-state index contributed by atoms with van der Waals surface area (Å²) in [6, 6.07) is 0.425. The molecule has 2 aliphatic rings. The lowest BCUT2D eigenvalue weighted by molar-refractivity contribution is 0.120. The Labute approximate surface area is 106 Å². The van der Waals surface area contributed by atoms with Gasteiger partial charge in [-0.2, -0.15) is 0 Å². The molecule has 3 atom stereocenters. The van der Waals surface area contributed by atoms with Crippen LogP contribution in [0.15, 0.2) is 0 Å². The summed E-state index contributed by atoms with van der Waals surface area (Å²) in [6.45, 7) is 10.1. The SMILES string of the molecule is CC(C)NC(C)(CO)CN1CC2CCCC2C1. The fraction of sp³-hybridized carbons (Fsp3) is 1.00. The maximum atomic E-state index is 9.61. The first-order valence-electron chi connectivity index (χ1n) is 7.13. The first-order chi connectivity index (χ1) is 8.02. The molecule has 3 unspecified atom stereocenters. The molecule has 1 heterocycles. The second-order valence-corrected chi connectivity index (χ2v) is 6.66. The first-order valence-corrected chi connectivity index (χ1v) is 7.13. The lowest BCUT2D eigenvalue weighted by atomic mass is 10.0. The molecule has 0 aromatic carbocycles. The zero-order valence-corrected chi connectivity index (χ0v) is 11.6. The number of fused-ring (bicyclic) bond motifs is 1. The van der Waals surface area contributed by atoms with E-state index >= 15 is 0 Å². The van der Waals surface area contributed by atoms with Crippen LogP contribution in [0.4, 0.5) is 0 Å². The molecule has 0 aromatic rings. The molecular weight excluding hydrogens is 212 g/mol. The number of hydrogen-bond acceptors (Lipinski definition) is 3. The second-order valence-electron chi connectivity index (χ2n) is 6.66. The van der Waals surface area contributed by atoms with E-state index in [-0.39, 0.29) is 12.1 Å². The molecule has 3 nitrogen and oxygen atoms in total. The third-order valence-corrected chi connectivity index (χ3v) is 4.36. The maximum Gasteiger partial charge on any atom is 0.0623 e. The van der Waals surface area contributed by atoms with E-state index in [1.165, 1.54) is 32.4 Å². The number of likely N-dealkylation sites (tertiary alicyclic amines) is 1. The summed E-state index contributed by atoms with van der Waals surface area (Å²) in [5.74, 6) is 1.88. The Balaban J connectivity index is 1.87. The van der Waals surface area contributed by atoms with Crippen LogP contribution < -0.4 is 5.32 Å². The van der Waals surface area contributed by atoms with Crippen LogP contribution >= 0.6 is 0 Å². The van der Waals surface area contributed by atoms with Crippen LogP contribution in [0.5, 0.6) is 0 Å². The van der Waals surface area contributed by atoms with Crippen molar-refractivity contribution < 1.29 is 5.11 Å². The van der Waals surface area contributed by atoms with Gasteiger partial charge in [0.05, 0.1) is 12.1 Å². The van der Waals surface area contributed by atoms with Crippen LogP contribution in [-0.4, -0.2) is 47.8 Å². The number of nitrogens with one attached hydrogen (secondary N) is 1. The van der Waals surface area contributed by atoms with Crippen LogP contribution in [0.25, 0.3) is 0 Å². The number of rotatable bonds is 5. The molecule has 0 amide bonds. The topological polar surface area (TPSA) is 35.5 Å². The summed E-state index contributed by atoms with van der Waals surface area (Å²) in [7, 11) is 0. The van der Waals surface area contributed by atoms with E-state index in [0.29, 0.717) is 6.04 Å². The van der Waals surface area contributed by atoms with Crippen molar-refractivity contribution in [2.75, 3.05) is 26.2 Å². The largest absolute Gasteiger partial charge is 0.394 e. The minimum Gasteiger partial charge on any atom is -0.394 e. The predicted octanol–water partition coefficient (Wildman–Crippen LogP) is 1.47. The smallest absolute Gasteiger partial charge is 0.0623 e. The van der Waals surface area contributed by atoms with Crippen molar-refractivity contribution in [1.29, 1.82) is 0 Å². The summed E-state index contributed by atoms with van der Waals surface area (Å²) >= 11 is 0. The third kappa shape index (κ3) is 3.21. The molecule has 1 aliphatic heterocycles. The Morgan fingerprint density at radius 3 is 2.35 bits per heavy atom. The molecule has 0 bridgehead atoms. The van der Waals surface area contributed by atoms with E-state index in [2.05, 4.69) is 31.0 Å². The highest BCUT2D eigenvalue weighted by molar-refractivity contribution is 4.94. The monoisotopic (exact) mass is 240 g/mol. The van der Waals surface area contributed by atoms with Crippen LogP contribution in [0.2, 0.25) is 0 Å². The van der Waals surface area contributed by atoms with Gasteiger partial charge in [0.1, 0.15) is 0 Å². The standard InChI is InChI=1S/C14H28N2O/c1-11(2)15-14(3,10-17)9-16-7-12-5-4-6-13(12)8-16/h11-13,15,17H,4-10H2,1-3H3. The molecule has 2 N–H and O–H groups in total. The van der Waals surface area contributed by atoms with Gasteiger partial charge >= 0.3 is 0 Å². The normalized spacial score (nSPS) is 33.0. The number of aliphatic hydroxyl groups excluding tert-OH is 1. The van der Waals surface area contributed by atoms with E-state index in [1.54, 1.807) is 0 Å². The van der Waals surface area contributed by atoms with Crippen LogP contribution in [0.3, 0.4) is 0 Å². The van der Waals surface area contributed by atoms with Gasteiger partial charge < -0.3 is 15.3 Å². The van der Waals surface area contributed by atoms with Gasteiger partial charge in [-0.3, -0.25) is 0 Å². The summed E-state index contributed by atoms with van der Waals surface area (Å²) in [5, 5.41) is 13.1. The summed E-state index contributed by atoms with van der Waals surface area (Å²) in [4.78, 5) is 2.56. The van der Waals surface area contributed by atoms with Crippen molar-refractivity contribution in [2.24, 2.45) is 11.8 Å². The van der Waals surface area contributed by atoms with Crippen molar-refractivity contribution in [1.82, 2.24) is 10.2 Å². The maximum absolute atomic E-state index is 9.61. The van der Waals surface area contributed by atoms with Crippen molar-refractivity contribution in [2.45, 2.75) is 51.6 Å². The summed E-state index contributed by atoms with van der Waals surface area (Å²) < 4.78 is 0. The average molecular weight is 240 g/mol. The van der Waals surface area contributed by atoms with E-state index in [1.807, 2.05) is 0 Å². The van der Waals surface area contributed by atoms with Gasteiger partial charge in [0.2, 0.25) is 0 Å². The second kappa shape index (κ2) is 5.25. The molecule has 100 valence electrons. The molecule has 0 radical (unpaired) electrons. The highest BCUT2D eigenvalue weighted by atomic mass is 16.3. The van der Waals surface area contributed by atoms with Gasteiger partial charge in [-0.05, 0) is 31.6 Å². The minimum atomic E-state index is -0.146. The Morgan fingerprint density at radius 2 is 1.88 bits per heavy atom. The van der Waals surface area contributed by atoms with E-state index in [9.17, 15) is 5.11 Å². The molecule has 0 spiro atoms. The fourth-order valence-corrected chi connectivity index (χ4v) is 3.79. The highest BCUT2D eigenvalue weighted by Gasteiger charge is 2.38. The van der Waals surface area contributed by atoms with Crippen molar-refractivity contribution in [3.8, 4) is 0 Å². The van der Waals surface area contributed by atoms with Crippen LogP contribution in [-0.2, 0) is 0 Å². The fourth-order valence-electron chi connectivity index (χ4n) is 3.79. The van der Waals surface area contributed by atoms with Gasteiger partial charge in [0.25, 0.3) is 0 Å². The number of aliphatic hydroxyl groups is 1.